The molecule has 2 aromatic rings. The van der Waals surface area contributed by atoms with Gasteiger partial charge in [-0.25, -0.2) is 0 Å². The summed E-state index contributed by atoms with van der Waals surface area (Å²) in [4.78, 5) is 4.99. The lowest BCUT2D eigenvalue weighted by Gasteiger charge is -2.42. The summed E-state index contributed by atoms with van der Waals surface area (Å²) in [5.74, 6) is 1.33. The Balaban J connectivity index is 2.20. The number of phenols is 1. The first-order valence-electron chi connectivity index (χ1n) is 17.1. The molecule has 1 fully saturated rings. The van der Waals surface area contributed by atoms with Gasteiger partial charge in [0.25, 0.3) is 0 Å². The van der Waals surface area contributed by atoms with Crippen molar-refractivity contribution in [1.29, 1.82) is 0 Å². The van der Waals surface area contributed by atoms with E-state index < -0.39 is 0 Å². The first kappa shape index (κ1) is 39.1. The summed E-state index contributed by atoms with van der Waals surface area (Å²) < 4.78 is 6.28. The Morgan fingerprint density at radius 3 is 1.72 bits per heavy atom. The Hall–Kier alpha value is -1.38. The second-order valence-electron chi connectivity index (χ2n) is 17.1. The number of unbranched alkanes of at least 4 members (excludes halogenated alkanes) is 1. The van der Waals surface area contributed by atoms with Crippen LogP contribution in [-0.4, -0.2) is 63.8 Å². The zero-order valence-corrected chi connectivity index (χ0v) is 32.5. The number of aliphatic hydroxyl groups is 2. The van der Waals surface area contributed by atoms with Crippen molar-refractivity contribution in [2.24, 2.45) is 0 Å². The monoisotopic (exact) mass is 673 g/mol. The Morgan fingerprint density at radius 1 is 0.717 bits per heavy atom. The van der Waals surface area contributed by atoms with Gasteiger partial charge in [-0.2, -0.15) is 0 Å². The molecule has 46 heavy (non-hydrogen) atoms. The van der Waals surface area contributed by atoms with Gasteiger partial charge in [0.05, 0.1) is 10.7 Å². The molecule has 260 valence electrons. The molecule has 5 nitrogen and oxygen atoms in total. The van der Waals surface area contributed by atoms with E-state index in [1.807, 2.05) is 23.5 Å². The maximum atomic E-state index is 11.5. The highest BCUT2D eigenvalue weighted by Gasteiger charge is 2.40. The number of benzene rings is 2. The fourth-order valence-electron chi connectivity index (χ4n) is 6.26. The molecule has 0 atom stereocenters. The minimum atomic E-state index is -0.196. The molecule has 3 rings (SSSR count). The third-order valence-electron chi connectivity index (χ3n) is 8.81. The minimum Gasteiger partial charge on any atom is -0.507 e. The molecule has 1 aliphatic rings. The summed E-state index contributed by atoms with van der Waals surface area (Å²) >= 11 is 3.94. The van der Waals surface area contributed by atoms with Crippen molar-refractivity contribution in [1.82, 2.24) is 4.90 Å². The van der Waals surface area contributed by atoms with Crippen molar-refractivity contribution in [3.63, 3.8) is 0 Å². The molecule has 3 N–H and O–H groups in total. The van der Waals surface area contributed by atoms with E-state index in [1.54, 1.807) is 0 Å². The van der Waals surface area contributed by atoms with E-state index in [1.165, 1.54) is 20.9 Å². The summed E-state index contributed by atoms with van der Waals surface area (Å²) in [6, 6.07) is 9.01. The fourth-order valence-corrected chi connectivity index (χ4v) is 9.58. The van der Waals surface area contributed by atoms with Crippen LogP contribution >= 0.6 is 23.5 Å². The van der Waals surface area contributed by atoms with Crippen molar-refractivity contribution < 1.29 is 20.1 Å². The number of hydrogen-bond acceptors (Lipinski definition) is 7. The number of phenolic OH excluding ortho intramolecular Hbond substituents is 1. The summed E-state index contributed by atoms with van der Waals surface area (Å²) in [6.07, 6.45) is 3.88. The van der Waals surface area contributed by atoms with Crippen LogP contribution in [0.1, 0.15) is 131 Å². The number of thioether (sulfide) groups is 2. The standard InChI is InChI=1S/C39H63NO4S2/c1-35(2,3)28-15-16-31(32(38(10,11)12)34(28)44-24-23-42)46-39(17-20-40(21-18-39)19-13-14-22-41)45-27-25-29(36(4,5)6)33(43)30(26-27)37(7,8)9/h15-16,25-26,41-43H,13-14,17-24H2,1-12H3. The molecule has 0 bridgehead atoms. The molecule has 0 unspecified atom stereocenters. The quantitative estimate of drug-likeness (QED) is 0.162. The molecule has 0 saturated carbocycles. The smallest absolute Gasteiger partial charge is 0.127 e. The normalized spacial score (nSPS) is 16.6. The van der Waals surface area contributed by atoms with Gasteiger partial charge in [-0.1, -0.05) is 89.2 Å². The molecule has 0 amide bonds. The SMILES string of the molecule is CC(C)(C)c1cc(SC2(Sc3ccc(C(C)(C)C)c(OCCO)c3C(C)(C)C)CCN(CCCCO)CC2)cc(C(C)(C)C)c1O. The molecule has 0 aromatic heterocycles. The van der Waals surface area contributed by atoms with Gasteiger partial charge in [-0.15, -0.1) is 23.5 Å². The predicted molar refractivity (Wildman–Crippen MR) is 198 cm³/mol. The van der Waals surface area contributed by atoms with E-state index in [4.69, 9.17) is 4.74 Å². The van der Waals surface area contributed by atoms with Crippen molar-refractivity contribution in [3.05, 3.63) is 46.5 Å². The number of piperidine rings is 1. The van der Waals surface area contributed by atoms with Crippen LogP contribution in [0.15, 0.2) is 34.1 Å². The number of rotatable bonds is 11. The van der Waals surface area contributed by atoms with E-state index >= 15 is 0 Å². The van der Waals surface area contributed by atoms with Gasteiger partial charge in [-0.05, 0) is 77.7 Å². The summed E-state index contributed by atoms with van der Waals surface area (Å²) in [5.41, 5.74) is 3.68. The van der Waals surface area contributed by atoms with E-state index in [0.29, 0.717) is 5.75 Å². The van der Waals surface area contributed by atoms with Crippen LogP contribution < -0.4 is 4.74 Å². The van der Waals surface area contributed by atoms with Crippen LogP contribution in [0.2, 0.25) is 0 Å². The zero-order chi connectivity index (χ0) is 34.7. The average molecular weight is 674 g/mol. The van der Waals surface area contributed by atoms with Gasteiger partial charge in [0.2, 0.25) is 0 Å². The molecule has 0 aliphatic carbocycles. The molecular weight excluding hydrogens is 611 g/mol. The molecule has 0 spiro atoms. The second kappa shape index (κ2) is 15.0. The number of hydrogen-bond donors (Lipinski definition) is 3. The van der Waals surface area contributed by atoms with Crippen molar-refractivity contribution >= 4 is 23.5 Å². The second-order valence-corrected chi connectivity index (χ2v) is 20.3. The van der Waals surface area contributed by atoms with E-state index in [-0.39, 0.29) is 45.6 Å². The van der Waals surface area contributed by atoms with Crippen molar-refractivity contribution in [2.45, 2.75) is 144 Å². The van der Waals surface area contributed by atoms with Crippen LogP contribution in [0.25, 0.3) is 0 Å². The molecule has 1 saturated heterocycles. The maximum absolute atomic E-state index is 11.5. The van der Waals surface area contributed by atoms with Crippen LogP contribution in [-0.2, 0) is 21.7 Å². The van der Waals surface area contributed by atoms with Crippen molar-refractivity contribution in [3.8, 4) is 11.5 Å². The molecule has 2 aromatic carbocycles. The maximum Gasteiger partial charge on any atom is 0.127 e. The van der Waals surface area contributed by atoms with Crippen LogP contribution in [0.5, 0.6) is 11.5 Å². The Morgan fingerprint density at radius 2 is 1.26 bits per heavy atom. The Labute approximate surface area is 289 Å². The lowest BCUT2D eigenvalue weighted by atomic mass is 9.79. The number of nitrogens with zero attached hydrogens (tertiary/aromatic N) is 1. The third kappa shape index (κ3) is 9.84. The van der Waals surface area contributed by atoms with Gasteiger partial charge < -0.3 is 25.0 Å². The van der Waals surface area contributed by atoms with Gasteiger partial charge in [0.1, 0.15) is 18.1 Å². The summed E-state index contributed by atoms with van der Waals surface area (Å²) in [5, 5.41) is 30.6. The molecule has 1 heterocycles. The molecular formula is C39H63NO4S2. The highest BCUT2D eigenvalue weighted by molar-refractivity contribution is 8.18. The lowest BCUT2D eigenvalue weighted by molar-refractivity contribution is 0.195. The topological polar surface area (TPSA) is 73.2 Å². The van der Waals surface area contributed by atoms with Crippen molar-refractivity contribution in [2.75, 3.05) is 39.5 Å². The lowest BCUT2D eigenvalue weighted by Crippen LogP contribution is -2.41. The number of likely N-dealkylation sites (tertiary alicyclic amines) is 1. The number of aliphatic hydroxyl groups excluding tert-OH is 2. The molecule has 1 aliphatic heterocycles. The first-order chi connectivity index (χ1) is 21.1. The van der Waals surface area contributed by atoms with Crippen LogP contribution in [0.4, 0.5) is 0 Å². The van der Waals surface area contributed by atoms with Gasteiger partial charge in [-0.3, -0.25) is 0 Å². The fraction of sp³-hybridized carbons (Fsp3) is 0.692. The van der Waals surface area contributed by atoms with Crippen LogP contribution in [0, 0.1) is 0 Å². The van der Waals surface area contributed by atoms with Gasteiger partial charge in [0, 0.05) is 46.2 Å². The van der Waals surface area contributed by atoms with E-state index in [2.05, 4.69) is 112 Å². The van der Waals surface area contributed by atoms with Crippen LogP contribution in [0.3, 0.4) is 0 Å². The number of aromatic hydroxyl groups is 1. The Bertz CT molecular complexity index is 1270. The average Bonchev–Trinajstić information content (AvgIpc) is 2.91. The zero-order valence-electron chi connectivity index (χ0n) is 30.9. The van der Waals surface area contributed by atoms with Gasteiger partial charge >= 0.3 is 0 Å². The number of ether oxygens (including phenoxy) is 1. The van der Waals surface area contributed by atoms with E-state index in [0.717, 1.165) is 62.2 Å². The molecule has 0 radical (unpaired) electrons. The Kier molecular flexibility index (Phi) is 12.8. The minimum absolute atomic E-state index is 0.0243. The highest BCUT2D eigenvalue weighted by Crippen LogP contribution is 2.56. The summed E-state index contributed by atoms with van der Waals surface area (Å²) in [7, 11) is 0. The predicted octanol–water partition coefficient (Wildman–Crippen LogP) is 9.40. The van der Waals surface area contributed by atoms with Gasteiger partial charge in [0.15, 0.2) is 0 Å². The molecule has 7 heteroatoms. The first-order valence-corrected chi connectivity index (χ1v) is 18.8. The largest absolute Gasteiger partial charge is 0.507 e. The van der Waals surface area contributed by atoms with E-state index in [9.17, 15) is 15.3 Å². The highest BCUT2D eigenvalue weighted by atomic mass is 32.2. The summed E-state index contributed by atoms with van der Waals surface area (Å²) in [6.45, 7) is 30.0. The third-order valence-corrected chi connectivity index (χ3v) is 11.9.